The van der Waals surface area contributed by atoms with E-state index in [0.717, 1.165) is 29.0 Å². The third kappa shape index (κ3) is 2.17. The zero-order chi connectivity index (χ0) is 17.7. The van der Waals surface area contributed by atoms with Gasteiger partial charge in [-0.2, -0.15) is 5.10 Å². The molecular weight excluding hydrogens is 336 g/mol. The Hall–Kier alpha value is -3.35. The van der Waals surface area contributed by atoms with Crippen LogP contribution < -0.4 is 0 Å². The Bertz CT molecular complexity index is 1110. The number of pyridine rings is 1. The van der Waals surface area contributed by atoms with E-state index in [1.807, 2.05) is 18.5 Å². The molecule has 4 heterocycles. The minimum atomic E-state index is -0.685. The standard InChI is InChI=1S/C19H13F2N5/c20-12-3-4-18(16(21)8-12)26-19-15(10-24-26)13(5-6-23-19)14-9-22-11-25-7-1-2-17(14)25/h1,3-11,17H,2H2. The van der Waals surface area contributed by atoms with Crippen molar-refractivity contribution in [1.29, 1.82) is 0 Å². The molecule has 1 atom stereocenters. The van der Waals surface area contributed by atoms with Crippen LogP contribution in [-0.4, -0.2) is 32.0 Å². The van der Waals surface area contributed by atoms with Gasteiger partial charge < -0.3 is 4.90 Å². The van der Waals surface area contributed by atoms with E-state index in [9.17, 15) is 8.78 Å². The Morgan fingerprint density at radius 1 is 1.15 bits per heavy atom. The molecule has 0 saturated carbocycles. The van der Waals surface area contributed by atoms with Crippen molar-refractivity contribution in [1.82, 2.24) is 19.7 Å². The fraction of sp³-hybridized carbons (Fsp3) is 0.105. The summed E-state index contributed by atoms with van der Waals surface area (Å²) < 4.78 is 28.8. The van der Waals surface area contributed by atoms with Gasteiger partial charge in [0.2, 0.25) is 0 Å². The highest BCUT2D eigenvalue weighted by Gasteiger charge is 2.27. The quantitative estimate of drug-likeness (QED) is 0.709. The first-order valence-electron chi connectivity index (χ1n) is 8.18. The first kappa shape index (κ1) is 14.9. The molecule has 0 N–H and O–H groups in total. The summed E-state index contributed by atoms with van der Waals surface area (Å²) in [5, 5.41) is 5.09. The molecule has 5 nitrogen and oxygen atoms in total. The lowest BCUT2D eigenvalue weighted by Gasteiger charge is -2.26. The van der Waals surface area contributed by atoms with Gasteiger partial charge in [-0.3, -0.25) is 0 Å². The Kier molecular flexibility index (Phi) is 3.21. The monoisotopic (exact) mass is 349 g/mol. The van der Waals surface area contributed by atoms with Crippen LogP contribution in [0.25, 0.3) is 22.3 Å². The van der Waals surface area contributed by atoms with Crippen LogP contribution in [0.4, 0.5) is 8.78 Å². The fourth-order valence-corrected chi connectivity index (χ4v) is 3.48. The van der Waals surface area contributed by atoms with Gasteiger partial charge in [-0.15, -0.1) is 0 Å². The summed E-state index contributed by atoms with van der Waals surface area (Å²) in [6.45, 7) is 0. The van der Waals surface area contributed by atoms with Crippen molar-refractivity contribution in [3.05, 3.63) is 72.3 Å². The summed E-state index contributed by atoms with van der Waals surface area (Å²) in [6.07, 6.45) is 12.0. The number of aromatic nitrogens is 3. The van der Waals surface area contributed by atoms with Crippen LogP contribution in [0.15, 0.2) is 60.1 Å². The summed E-state index contributed by atoms with van der Waals surface area (Å²) in [6, 6.07) is 5.50. The molecule has 0 fully saturated rings. The van der Waals surface area contributed by atoms with Crippen LogP contribution in [0, 0.1) is 11.6 Å². The number of halogens is 2. The topological polar surface area (TPSA) is 46.3 Å². The van der Waals surface area contributed by atoms with Crippen LogP contribution in [0.5, 0.6) is 0 Å². The highest BCUT2D eigenvalue weighted by molar-refractivity contribution is 5.93. The second-order valence-electron chi connectivity index (χ2n) is 6.18. The maximum atomic E-state index is 14.2. The summed E-state index contributed by atoms with van der Waals surface area (Å²) in [5.74, 6) is -1.31. The molecule has 0 radical (unpaired) electrons. The largest absolute Gasteiger partial charge is 0.331 e. The van der Waals surface area contributed by atoms with E-state index in [-0.39, 0.29) is 11.7 Å². The lowest BCUT2D eigenvalue weighted by atomic mass is 9.96. The predicted molar refractivity (Wildman–Crippen MR) is 94.6 cm³/mol. The third-order valence-electron chi connectivity index (χ3n) is 4.69. The summed E-state index contributed by atoms with van der Waals surface area (Å²) in [4.78, 5) is 10.7. The van der Waals surface area contributed by atoms with Gasteiger partial charge in [0, 0.05) is 35.6 Å². The van der Waals surface area contributed by atoms with E-state index in [4.69, 9.17) is 0 Å². The van der Waals surface area contributed by atoms with Crippen LogP contribution in [0.1, 0.15) is 12.0 Å². The van der Waals surface area contributed by atoms with Gasteiger partial charge in [0.15, 0.2) is 11.5 Å². The first-order chi connectivity index (χ1) is 12.7. The van der Waals surface area contributed by atoms with Gasteiger partial charge in [-0.25, -0.2) is 23.4 Å². The molecule has 0 amide bonds. The molecule has 2 aliphatic heterocycles. The van der Waals surface area contributed by atoms with E-state index in [1.54, 1.807) is 18.7 Å². The van der Waals surface area contributed by atoms with Crippen molar-refractivity contribution in [3.8, 4) is 5.69 Å². The smallest absolute Gasteiger partial charge is 0.163 e. The summed E-state index contributed by atoms with van der Waals surface area (Å²) in [5.41, 5.74) is 2.69. The number of fused-ring (bicyclic) bond motifs is 2. The van der Waals surface area contributed by atoms with E-state index in [2.05, 4.69) is 26.1 Å². The molecule has 0 spiro atoms. The van der Waals surface area contributed by atoms with E-state index in [1.165, 1.54) is 16.8 Å². The van der Waals surface area contributed by atoms with Crippen molar-refractivity contribution in [2.24, 2.45) is 4.99 Å². The molecule has 0 saturated heterocycles. The highest BCUT2D eigenvalue weighted by Crippen LogP contribution is 2.34. The molecule has 0 aliphatic carbocycles. The van der Waals surface area contributed by atoms with Crippen molar-refractivity contribution < 1.29 is 8.78 Å². The minimum absolute atomic E-state index is 0.158. The highest BCUT2D eigenvalue weighted by atomic mass is 19.1. The molecule has 128 valence electrons. The molecular formula is C19H13F2N5. The van der Waals surface area contributed by atoms with Crippen LogP contribution >= 0.6 is 0 Å². The van der Waals surface area contributed by atoms with Crippen LogP contribution in [-0.2, 0) is 0 Å². The molecule has 7 heteroatoms. The molecule has 2 aliphatic rings. The van der Waals surface area contributed by atoms with Gasteiger partial charge in [-0.1, -0.05) is 6.08 Å². The van der Waals surface area contributed by atoms with Gasteiger partial charge in [-0.05, 0) is 30.2 Å². The van der Waals surface area contributed by atoms with Gasteiger partial charge in [0.05, 0.1) is 18.6 Å². The third-order valence-corrected chi connectivity index (χ3v) is 4.69. The van der Waals surface area contributed by atoms with E-state index >= 15 is 0 Å². The van der Waals surface area contributed by atoms with E-state index < -0.39 is 11.6 Å². The second-order valence-corrected chi connectivity index (χ2v) is 6.18. The van der Waals surface area contributed by atoms with Gasteiger partial charge in [0.25, 0.3) is 0 Å². The summed E-state index contributed by atoms with van der Waals surface area (Å²) in [7, 11) is 0. The normalized spacial score (nSPS) is 18.5. The molecule has 1 aromatic carbocycles. The molecule has 26 heavy (non-hydrogen) atoms. The van der Waals surface area contributed by atoms with Gasteiger partial charge >= 0.3 is 0 Å². The average molecular weight is 349 g/mol. The lowest BCUT2D eigenvalue weighted by Crippen LogP contribution is -2.28. The van der Waals surface area contributed by atoms with Crippen molar-refractivity contribution in [2.45, 2.75) is 12.5 Å². The SMILES string of the molecule is Fc1ccc(-n2ncc3c(C4=CN=CN5C=CCC45)ccnc32)c(F)c1. The van der Waals surface area contributed by atoms with E-state index in [0.29, 0.717) is 5.65 Å². The number of rotatable bonds is 2. The Labute approximate surface area is 147 Å². The van der Waals surface area contributed by atoms with Gasteiger partial charge in [0.1, 0.15) is 11.5 Å². The maximum absolute atomic E-state index is 14.2. The predicted octanol–water partition coefficient (Wildman–Crippen LogP) is 3.67. The van der Waals surface area contributed by atoms with Crippen molar-refractivity contribution in [3.63, 3.8) is 0 Å². The number of nitrogens with zero attached hydrogens (tertiary/aromatic N) is 5. The average Bonchev–Trinajstić information content (AvgIpc) is 3.28. The number of benzene rings is 1. The number of hydrogen-bond acceptors (Lipinski definition) is 4. The molecule has 0 bridgehead atoms. The zero-order valence-electron chi connectivity index (χ0n) is 13.5. The number of hydrogen-bond donors (Lipinski definition) is 0. The Morgan fingerprint density at radius 2 is 2.08 bits per heavy atom. The zero-order valence-corrected chi connectivity index (χ0v) is 13.5. The molecule has 3 aromatic rings. The first-order valence-corrected chi connectivity index (χ1v) is 8.18. The van der Waals surface area contributed by atoms with Crippen molar-refractivity contribution >= 4 is 22.9 Å². The fourth-order valence-electron chi connectivity index (χ4n) is 3.48. The molecule has 2 aromatic heterocycles. The Morgan fingerprint density at radius 3 is 2.96 bits per heavy atom. The number of aliphatic imine (C=N–C) groups is 1. The van der Waals surface area contributed by atoms with Crippen LogP contribution in [0.3, 0.4) is 0 Å². The van der Waals surface area contributed by atoms with Crippen LogP contribution in [0.2, 0.25) is 0 Å². The lowest BCUT2D eigenvalue weighted by molar-refractivity contribution is 0.525. The molecule has 1 unspecified atom stereocenters. The van der Waals surface area contributed by atoms with Crippen molar-refractivity contribution in [2.75, 3.05) is 0 Å². The Balaban J connectivity index is 1.67. The minimum Gasteiger partial charge on any atom is -0.331 e. The summed E-state index contributed by atoms with van der Waals surface area (Å²) >= 11 is 0. The molecule has 5 rings (SSSR count). The maximum Gasteiger partial charge on any atom is 0.163 e. The second kappa shape index (κ2) is 5.59.